The minimum absolute atomic E-state index is 0.0569. The van der Waals surface area contributed by atoms with E-state index in [1.54, 1.807) is 18.2 Å². The maximum absolute atomic E-state index is 12.4. The van der Waals surface area contributed by atoms with Crippen molar-refractivity contribution in [3.05, 3.63) is 58.6 Å². The first-order valence-corrected chi connectivity index (χ1v) is 12.1. The van der Waals surface area contributed by atoms with E-state index in [9.17, 15) is 18.0 Å². The first-order chi connectivity index (χ1) is 15.2. The molecule has 172 valence electrons. The van der Waals surface area contributed by atoms with Crippen LogP contribution in [0.25, 0.3) is 0 Å². The van der Waals surface area contributed by atoms with Crippen molar-refractivity contribution >= 4 is 33.3 Å². The second-order valence-corrected chi connectivity index (χ2v) is 10.1. The van der Waals surface area contributed by atoms with Gasteiger partial charge in [0, 0.05) is 18.1 Å². The molecule has 1 fully saturated rings. The molecule has 1 unspecified atom stereocenters. The van der Waals surface area contributed by atoms with Gasteiger partial charge in [0.2, 0.25) is 0 Å². The van der Waals surface area contributed by atoms with Crippen LogP contribution in [0.4, 0.5) is 0 Å². The van der Waals surface area contributed by atoms with Crippen LogP contribution >= 0.6 is 11.6 Å². The Labute approximate surface area is 191 Å². The zero-order valence-electron chi connectivity index (χ0n) is 17.7. The normalized spacial score (nSPS) is 16.9. The van der Waals surface area contributed by atoms with Gasteiger partial charge < -0.3 is 19.1 Å². The fourth-order valence-electron chi connectivity index (χ4n) is 3.25. The van der Waals surface area contributed by atoms with E-state index in [1.807, 2.05) is 12.1 Å². The van der Waals surface area contributed by atoms with E-state index in [0.29, 0.717) is 22.9 Å². The van der Waals surface area contributed by atoms with E-state index in [4.69, 9.17) is 25.8 Å². The van der Waals surface area contributed by atoms with Crippen LogP contribution in [0.5, 0.6) is 11.5 Å². The zero-order valence-corrected chi connectivity index (χ0v) is 19.3. The van der Waals surface area contributed by atoms with Crippen molar-refractivity contribution in [2.75, 3.05) is 32.3 Å². The van der Waals surface area contributed by atoms with Gasteiger partial charge in [0.1, 0.15) is 6.61 Å². The number of halogens is 1. The molecule has 0 bridgehead atoms. The molecule has 1 aliphatic rings. The van der Waals surface area contributed by atoms with Gasteiger partial charge in [-0.05, 0) is 42.3 Å². The van der Waals surface area contributed by atoms with Gasteiger partial charge in [-0.3, -0.25) is 4.79 Å². The van der Waals surface area contributed by atoms with Gasteiger partial charge >= 0.3 is 5.97 Å². The van der Waals surface area contributed by atoms with Gasteiger partial charge in [-0.1, -0.05) is 23.7 Å². The van der Waals surface area contributed by atoms with Crippen LogP contribution in [0.15, 0.2) is 42.5 Å². The summed E-state index contributed by atoms with van der Waals surface area (Å²) in [5, 5.41) is 0.632. The summed E-state index contributed by atoms with van der Waals surface area (Å²) >= 11 is 5.88. The van der Waals surface area contributed by atoms with Crippen molar-refractivity contribution in [3.63, 3.8) is 0 Å². The van der Waals surface area contributed by atoms with Crippen molar-refractivity contribution in [2.45, 2.75) is 19.1 Å². The quantitative estimate of drug-likeness (QED) is 0.534. The molecule has 1 saturated heterocycles. The number of benzene rings is 2. The topological polar surface area (TPSA) is 99.2 Å². The predicted octanol–water partition coefficient (Wildman–Crippen LogP) is 2.73. The molecule has 32 heavy (non-hydrogen) atoms. The largest absolute Gasteiger partial charge is 0.493 e. The van der Waals surface area contributed by atoms with E-state index in [2.05, 4.69) is 0 Å². The summed E-state index contributed by atoms with van der Waals surface area (Å²) in [7, 11) is -0.154. The Bertz CT molecular complexity index is 1090. The SMILES string of the molecule is COc1cc(C(=O)OCC(=O)N(C)C2CCS(=O)(=O)C2)ccc1OCc1ccc(Cl)cc1. The Morgan fingerprint density at radius 1 is 1.12 bits per heavy atom. The third kappa shape index (κ3) is 6.14. The molecule has 0 N–H and O–H groups in total. The van der Waals surface area contributed by atoms with Crippen LogP contribution in [0.3, 0.4) is 0 Å². The summed E-state index contributed by atoms with van der Waals surface area (Å²) < 4.78 is 39.4. The maximum atomic E-state index is 12.4. The van der Waals surface area contributed by atoms with Crippen LogP contribution in [0.1, 0.15) is 22.3 Å². The number of carbonyl (C=O) groups is 2. The highest BCUT2D eigenvalue weighted by molar-refractivity contribution is 7.91. The molecule has 0 saturated carbocycles. The number of esters is 1. The van der Waals surface area contributed by atoms with Gasteiger partial charge in [0.05, 0.1) is 24.2 Å². The van der Waals surface area contributed by atoms with Crippen LogP contribution in [-0.2, 0) is 26.0 Å². The van der Waals surface area contributed by atoms with Crippen LogP contribution in [0, 0.1) is 0 Å². The first kappa shape index (κ1) is 23.9. The number of ether oxygens (including phenoxy) is 3. The maximum Gasteiger partial charge on any atom is 0.338 e. The van der Waals surface area contributed by atoms with Crippen molar-refractivity contribution in [3.8, 4) is 11.5 Å². The number of carbonyl (C=O) groups excluding carboxylic acids is 2. The summed E-state index contributed by atoms with van der Waals surface area (Å²) in [4.78, 5) is 26.0. The number of likely N-dealkylation sites (N-methyl/N-ethyl adjacent to an activating group) is 1. The van der Waals surface area contributed by atoms with Crippen LogP contribution in [-0.4, -0.2) is 63.5 Å². The fraction of sp³-hybridized carbons (Fsp3) is 0.364. The van der Waals surface area contributed by atoms with Crippen molar-refractivity contribution in [2.24, 2.45) is 0 Å². The smallest absolute Gasteiger partial charge is 0.338 e. The highest BCUT2D eigenvalue weighted by atomic mass is 35.5. The molecule has 10 heteroatoms. The molecule has 0 aromatic heterocycles. The van der Waals surface area contributed by atoms with Gasteiger partial charge in [0.25, 0.3) is 5.91 Å². The fourth-order valence-corrected chi connectivity index (χ4v) is 5.15. The lowest BCUT2D eigenvalue weighted by Crippen LogP contribution is -2.40. The van der Waals surface area contributed by atoms with Gasteiger partial charge in [0.15, 0.2) is 27.9 Å². The van der Waals surface area contributed by atoms with Crippen molar-refractivity contribution in [1.82, 2.24) is 4.90 Å². The number of rotatable bonds is 8. The second-order valence-electron chi connectivity index (χ2n) is 7.42. The minimum atomic E-state index is -3.12. The molecule has 3 rings (SSSR count). The molecular weight excluding hydrogens is 458 g/mol. The molecule has 1 atom stereocenters. The Balaban J connectivity index is 1.56. The van der Waals surface area contributed by atoms with E-state index < -0.39 is 34.4 Å². The monoisotopic (exact) mass is 481 g/mol. The number of amides is 1. The average molecular weight is 482 g/mol. The highest BCUT2D eigenvalue weighted by Gasteiger charge is 2.33. The summed E-state index contributed by atoms with van der Waals surface area (Å²) in [6.07, 6.45) is 0.382. The van der Waals surface area contributed by atoms with E-state index in [0.717, 1.165) is 5.56 Å². The van der Waals surface area contributed by atoms with Gasteiger partial charge in [-0.2, -0.15) is 0 Å². The minimum Gasteiger partial charge on any atom is -0.493 e. The molecule has 1 aliphatic heterocycles. The molecular formula is C22H24ClNO7S. The van der Waals surface area contributed by atoms with Crippen LogP contribution < -0.4 is 9.47 Å². The Hall–Kier alpha value is -2.78. The molecule has 8 nitrogen and oxygen atoms in total. The number of nitrogens with zero attached hydrogens (tertiary/aromatic N) is 1. The van der Waals surface area contributed by atoms with E-state index in [1.165, 1.54) is 31.2 Å². The lowest BCUT2D eigenvalue weighted by Gasteiger charge is -2.23. The third-order valence-electron chi connectivity index (χ3n) is 5.18. The summed E-state index contributed by atoms with van der Waals surface area (Å²) in [5.74, 6) is -0.395. The van der Waals surface area contributed by atoms with E-state index >= 15 is 0 Å². The summed E-state index contributed by atoms with van der Waals surface area (Å²) in [6.45, 7) is -0.196. The molecule has 1 heterocycles. The number of hydrogen-bond acceptors (Lipinski definition) is 7. The molecule has 0 radical (unpaired) electrons. The standard InChI is InChI=1S/C22H24ClNO7S/c1-24(18-9-10-32(27,28)14-18)21(25)13-31-22(26)16-5-8-19(20(11-16)29-2)30-12-15-3-6-17(23)7-4-15/h3-8,11,18H,9-10,12-14H2,1-2H3. The van der Waals surface area contributed by atoms with Crippen molar-refractivity contribution in [1.29, 1.82) is 0 Å². The van der Waals surface area contributed by atoms with E-state index in [-0.39, 0.29) is 23.7 Å². The Morgan fingerprint density at radius 2 is 1.84 bits per heavy atom. The zero-order chi connectivity index (χ0) is 23.3. The predicted molar refractivity (Wildman–Crippen MR) is 119 cm³/mol. The molecule has 1 amide bonds. The summed E-state index contributed by atoms with van der Waals surface area (Å²) in [5.41, 5.74) is 1.11. The summed E-state index contributed by atoms with van der Waals surface area (Å²) in [6, 6.07) is 11.4. The van der Waals surface area contributed by atoms with Crippen molar-refractivity contribution < 1.29 is 32.2 Å². The van der Waals surface area contributed by atoms with Crippen LogP contribution in [0.2, 0.25) is 5.02 Å². The number of hydrogen-bond donors (Lipinski definition) is 0. The Morgan fingerprint density at radius 3 is 2.47 bits per heavy atom. The first-order valence-electron chi connectivity index (χ1n) is 9.87. The van der Waals surface area contributed by atoms with Gasteiger partial charge in [-0.15, -0.1) is 0 Å². The second kappa shape index (κ2) is 10.2. The third-order valence-corrected chi connectivity index (χ3v) is 7.19. The molecule has 0 aliphatic carbocycles. The highest BCUT2D eigenvalue weighted by Crippen LogP contribution is 2.29. The lowest BCUT2D eigenvalue weighted by molar-refractivity contribution is -0.134. The number of methoxy groups -OCH3 is 1. The lowest BCUT2D eigenvalue weighted by atomic mass is 10.2. The molecule has 2 aromatic rings. The average Bonchev–Trinajstić information content (AvgIpc) is 3.15. The Kier molecular flexibility index (Phi) is 7.63. The number of sulfone groups is 1. The van der Waals surface area contributed by atoms with Gasteiger partial charge in [-0.25, -0.2) is 13.2 Å². The molecule has 2 aromatic carbocycles. The molecule has 0 spiro atoms.